The van der Waals surface area contributed by atoms with E-state index in [1.54, 1.807) is 23.1 Å². The summed E-state index contributed by atoms with van der Waals surface area (Å²) < 4.78 is 1.24. The zero-order chi connectivity index (χ0) is 12.1. The van der Waals surface area contributed by atoms with Gasteiger partial charge in [0.1, 0.15) is 0 Å². The minimum absolute atomic E-state index is 0.585. The molecule has 0 radical (unpaired) electrons. The van der Waals surface area contributed by atoms with Crippen molar-refractivity contribution in [3.05, 3.63) is 46.3 Å². The lowest BCUT2D eigenvalue weighted by atomic mass is 10.3. The van der Waals surface area contributed by atoms with Crippen molar-refractivity contribution in [2.75, 3.05) is 6.54 Å². The summed E-state index contributed by atoms with van der Waals surface area (Å²) in [5, 5.41) is 9.30. The number of benzene rings is 1. The first-order valence-electron chi connectivity index (χ1n) is 5.17. The highest BCUT2D eigenvalue weighted by atomic mass is 35.5. The molecule has 0 bridgehead atoms. The Morgan fingerprint density at radius 2 is 2.18 bits per heavy atom. The van der Waals surface area contributed by atoms with Crippen LogP contribution in [0.15, 0.2) is 45.5 Å². The standard InChI is InChI=1S/C12H12ClNOS2/c13-9-2-1-3-11(8-9)17-12-5-4-10(16-12)6-7-14-15/h1-5,8,14-15H,6-7H2. The van der Waals surface area contributed by atoms with Gasteiger partial charge in [-0.1, -0.05) is 29.4 Å². The first kappa shape index (κ1) is 12.9. The van der Waals surface area contributed by atoms with Gasteiger partial charge in [0.05, 0.1) is 4.21 Å². The maximum absolute atomic E-state index is 8.53. The summed E-state index contributed by atoms with van der Waals surface area (Å²) in [6, 6.07) is 12.0. The van der Waals surface area contributed by atoms with E-state index in [9.17, 15) is 0 Å². The van der Waals surface area contributed by atoms with Crippen molar-refractivity contribution in [2.45, 2.75) is 15.5 Å². The zero-order valence-electron chi connectivity index (χ0n) is 9.02. The molecule has 2 aromatic rings. The molecule has 2 nitrogen and oxygen atoms in total. The SMILES string of the molecule is ONCCc1ccc(Sc2cccc(Cl)c2)s1. The van der Waals surface area contributed by atoms with Crippen LogP contribution in [-0.4, -0.2) is 11.8 Å². The second-order valence-corrected chi connectivity index (χ2v) is 6.42. The molecule has 0 fully saturated rings. The summed E-state index contributed by atoms with van der Waals surface area (Å²) in [5.41, 5.74) is 2.17. The van der Waals surface area contributed by atoms with Gasteiger partial charge in [-0.3, -0.25) is 0 Å². The topological polar surface area (TPSA) is 32.3 Å². The molecule has 17 heavy (non-hydrogen) atoms. The van der Waals surface area contributed by atoms with Crippen LogP contribution in [-0.2, 0) is 6.42 Å². The Labute approximate surface area is 114 Å². The van der Waals surface area contributed by atoms with Crippen LogP contribution in [0.5, 0.6) is 0 Å². The van der Waals surface area contributed by atoms with Crippen LogP contribution in [0.3, 0.4) is 0 Å². The normalized spacial score (nSPS) is 10.7. The van der Waals surface area contributed by atoms with Crippen molar-refractivity contribution in [3.8, 4) is 0 Å². The fraction of sp³-hybridized carbons (Fsp3) is 0.167. The van der Waals surface area contributed by atoms with E-state index in [-0.39, 0.29) is 0 Å². The maximum Gasteiger partial charge on any atom is 0.0649 e. The monoisotopic (exact) mass is 285 g/mol. The fourth-order valence-electron chi connectivity index (χ4n) is 1.37. The third-order valence-electron chi connectivity index (χ3n) is 2.13. The van der Waals surface area contributed by atoms with Gasteiger partial charge in [0.15, 0.2) is 0 Å². The Morgan fingerprint density at radius 1 is 1.29 bits per heavy atom. The van der Waals surface area contributed by atoms with E-state index < -0.39 is 0 Å². The van der Waals surface area contributed by atoms with Crippen LogP contribution in [0.1, 0.15) is 4.88 Å². The van der Waals surface area contributed by atoms with E-state index in [2.05, 4.69) is 17.6 Å². The van der Waals surface area contributed by atoms with Gasteiger partial charge in [-0.2, -0.15) is 0 Å². The molecule has 0 aliphatic carbocycles. The Bertz CT molecular complexity index is 487. The maximum atomic E-state index is 8.53. The van der Waals surface area contributed by atoms with E-state index in [0.29, 0.717) is 6.54 Å². The Balaban J connectivity index is 2.01. The summed E-state index contributed by atoms with van der Waals surface area (Å²) in [6.45, 7) is 0.585. The average molecular weight is 286 g/mol. The van der Waals surface area contributed by atoms with Gasteiger partial charge in [-0.05, 0) is 36.8 Å². The molecule has 1 heterocycles. The quantitative estimate of drug-likeness (QED) is 0.812. The molecule has 1 aromatic heterocycles. The molecule has 0 unspecified atom stereocenters. The highest BCUT2D eigenvalue weighted by molar-refractivity contribution is 8.01. The molecule has 0 amide bonds. The lowest BCUT2D eigenvalue weighted by Crippen LogP contribution is -2.10. The minimum Gasteiger partial charge on any atom is -0.317 e. The van der Waals surface area contributed by atoms with Gasteiger partial charge in [0, 0.05) is 21.3 Å². The number of thiophene rings is 1. The van der Waals surface area contributed by atoms with Crippen molar-refractivity contribution in [3.63, 3.8) is 0 Å². The summed E-state index contributed by atoms with van der Waals surface area (Å²) in [7, 11) is 0. The fourth-order valence-corrected chi connectivity index (χ4v) is 3.84. The number of hydroxylamine groups is 1. The van der Waals surface area contributed by atoms with E-state index in [1.165, 1.54) is 9.09 Å². The molecule has 90 valence electrons. The van der Waals surface area contributed by atoms with E-state index in [4.69, 9.17) is 16.8 Å². The van der Waals surface area contributed by atoms with Gasteiger partial charge >= 0.3 is 0 Å². The van der Waals surface area contributed by atoms with Crippen LogP contribution in [0.25, 0.3) is 0 Å². The molecule has 0 saturated heterocycles. The van der Waals surface area contributed by atoms with Crippen molar-refractivity contribution in [2.24, 2.45) is 0 Å². The third-order valence-corrected chi connectivity index (χ3v) is 4.64. The van der Waals surface area contributed by atoms with Crippen LogP contribution < -0.4 is 5.48 Å². The number of halogens is 1. The number of nitrogens with one attached hydrogen (secondary N) is 1. The first-order chi connectivity index (χ1) is 8.28. The van der Waals surface area contributed by atoms with Crippen LogP contribution in [0.4, 0.5) is 0 Å². The number of hydrogen-bond donors (Lipinski definition) is 2. The van der Waals surface area contributed by atoms with Crippen LogP contribution >= 0.6 is 34.7 Å². The van der Waals surface area contributed by atoms with Crippen molar-refractivity contribution in [1.29, 1.82) is 0 Å². The lowest BCUT2D eigenvalue weighted by molar-refractivity contribution is 0.168. The molecule has 0 aliphatic heterocycles. The summed E-state index contributed by atoms with van der Waals surface area (Å²) >= 11 is 9.39. The van der Waals surface area contributed by atoms with Crippen molar-refractivity contribution in [1.82, 2.24) is 5.48 Å². The summed E-state index contributed by atoms with van der Waals surface area (Å²) in [4.78, 5) is 2.40. The van der Waals surface area contributed by atoms with Crippen molar-refractivity contribution >= 4 is 34.7 Å². The summed E-state index contributed by atoms with van der Waals surface area (Å²) in [6.07, 6.45) is 0.845. The molecular formula is C12H12ClNOS2. The predicted octanol–water partition coefficient (Wildman–Crippen LogP) is 4.07. The minimum atomic E-state index is 0.585. The Kier molecular flexibility index (Phi) is 4.88. The first-order valence-corrected chi connectivity index (χ1v) is 7.18. The predicted molar refractivity (Wildman–Crippen MR) is 73.4 cm³/mol. The largest absolute Gasteiger partial charge is 0.317 e. The van der Waals surface area contributed by atoms with Gasteiger partial charge in [0.25, 0.3) is 0 Å². The number of hydrogen-bond acceptors (Lipinski definition) is 4. The van der Waals surface area contributed by atoms with Crippen LogP contribution in [0.2, 0.25) is 5.02 Å². The molecule has 2 rings (SSSR count). The van der Waals surface area contributed by atoms with Gasteiger partial charge in [-0.15, -0.1) is 11.3 Å². The Hall–Kier alpha value is -0.520. The summed E-state index contributed by atoms with van der Waals surface area (Å²) in [5.74, 6) is 0. The second-order valence-electron chi connectivity index (χ2n) is 3.44. The van der Waals surface area contributed by atoms with E-state index in [1.807, 2.05) is 24.3 Å². The molecule has 2 N–H and O–H groups in total. The molecule has 5 heteroatoms. The van der Waals surface area contributed by atoms with Gasteiger partial charge in [0.2, 0.25) is 0 Å². The highest BCUT2D eigenvalue weighted by Gasteiger charge is 2.02. The molecular weight excluding hydrogens is 274 g/mol. The van der Waals surface area contributed by atoms with Crippen LogP contribution in [0, 0.1) is 0 Å². The molecule has 1 aromatic carbocycles. The van der Waals surface area contributed by atoms with Gasteiger partial charge in [-0.25, -0.2) is 5.48 Å². The Morgan fingerprint density at radius 3 is 2.94 bits per heavy atom. The molecule has 0 spiro atoms. The molecule has 0 atom stereocenters. The zero-order valence-corrected chi connectivity index (χ0v) is 11.4. The molecule has 0 saturated carbocycles. The van der Waals surface area contributed by atoms with Crippen molar-refractivity contribution < 1.29 is 5.21 Å². The van der Waals surface area contributed by atoms with E-state index in [0.717, 1.165) is 16.3 Å². The lowest BCUT2D eigenvalue weighted by Gasteiger charge is -1.98. The van der Waals surface area contributed by atoms with Gasteiger partial charge < -0.3 is 5.21 Å². The van der Waals surface area contributed by atoms with E-state index >= 15 is 0 Å². The second kappa shape index (κ2) is 6.42. The number of rotatable bonds is 5. The average Bonchev–Trinajstić information content (AvgIpc) is 2.74. The highest BCUT2D eigenvalue weighted by Crippen LogP contribution is 2.34. The molecule has 0 aliphatic rings. The smallest absolute Gasteiger partial charge is 0.0649 e. The third kappa shape index (κ3) is 4.01.